The molecule has 58 valence electrons. The SMILES string of the molecule is Fc1cncc2c1CCNC2. The van der Waals surface area contributed by atoms with E-state index in [-0.39, 0.29) is 5.82 Å². The summed E-state index contributed by atoms with van der Waals surface area (Å²) in [7, 11) is 0. The van der Waals surface area contributed by atoms with Gasteiger partial charge in [0.25, 0.3) is 0 Å². The second-order valence-electron chi connectivity index (χ2n) is 2.69. The van der Waals surface area contributed by atoms with Gasteiger partial charge in [-0.3, -0.25) is 4.98 Å². The van der Waals surface area contributed by atoms with Crippen molar-refractivity contribution in [3.63, 3.8) is 0 Å². The highest BCUT2D eigenvalue weighted by molar-refractivity contribution is 5.26. The number of fused-ring (bicyclic) bond motifs is 1. The van der Waals surface area contributed by atoms with E-state index in [9.17, 15) is 4.39 Å². The van der Waals surface area contributed by atoms with Crippen molar-refractivity contribution < 1.29 is 4.39 Å². The number of nitrogens with one attached hydrogen (secondary N) is 1. The van der Waals surface area contributed by atoms with Crippen molar-refractivity contribution in [2.24, 2.45) is 0 Å². The van der Waals surface area contributed by atoms with Crippen molar-refractivity contribution in [2.75, 3.05) is 6.54 Å². The third kappa shape index (κ3) is 1.12. The first-order valence-corrected chi connectivity index (χ1v) is 3.70. The summed E-state index contributed by atoms with van der Waals surface area (Å²) >= 11 is 0. The van der Waals surface area contributed by atoms with Gasteiger partial charge in [0.05, 0.1) is 6.20 Å². The van der Waals surface area contributed by atoms with Crippen molar-refractivity contribution in [1.82, 2.24) is 10.3 Å². The van der Waals surface area contributed by atoms with Crippen molar-refractivity contribution in [2.45, 2.75) is 13.0 Å². The van der Waals surface area contributed by atoms with Crippen LogP contribution in [0.1, 0.15) is 11.1 Å². The highest BCUT2D eigenvalue weighted by Crippen LogP contribution is 2.14. The summed E-state index contributed by atoms with van der Waals surface area (Å²) in [6.45, 7) is 1.62. The second-order valence-corrected chi connectivity index (χ2v) is 2.69. The fourth-order valence-corrected chi connectivity index (χ4v) is 1.37. The molecule has 0 saturated heterocycles. The van der Waals surface area contributed by atoms with Gasteiger partial charge in [0.2, 0.25) is 0 Å². The van der Waals surface area contributed by atoms with E-state index in [0.29, 0.717) is 0 Å². The third-order valence-corrected chi connectivity index (χ3v) is 1.96. The fourth-order valence-electron chi connectivity index (χ4n) is 1.37. The predicted molar refractivity (Wildman–Crippen MR) is 39.6 cm³/mol. The summed E-state index contributed by atoms with van der Waals surface area (Å²) < 4.78 is 13.0. The zero-order chi connectivity index (χ0) is 7.68. The topological polar surface area (TPSA) is 24.9 Å². The Labute approximate surface area is 64.5 Å². The smallest absolute Gasteiger partial charge is 0.145 e. The van der Waals surface area contributed by atoms with Crippen LogP contribution in [0, 0.1) is 5.82 Å². The molecule has 1 aliphatic rings. The Kier molecular flexibility index (Phi) is 1.58. The van der Waals surface area contributed by atoms with Crippen LogP contribution in [0.15, 0.2) is 12.4 Å². The number of aromatic nitrogens is 1. The molecular formula is C8H9FN2. The molecular weight excluding hydrogens is 143 g/mol. The van der Waals surface area contributed by atoms with E-state index >= 15 is 0 Å². The van der Waals surface area contributed by atoms with Crippen LogP contribution in [0.4, 0.5) is 4.39 Å². The van der Waals surface area contributed by atoms with Gasteiger partial charge in [-0.2, -0.15) is 0 Å². The maximum absolute atomic E-state index is 13.0. The molecule has 1 aromatic heterocycles. The highest BCUT2D eigenvalue weighted by atomic mass is 19.1. The summed E-state index contributed by atoms with van der Waals surface area (Å²) in [5, 5.41) is 3.16. The molecule has 1 aliphatic heterocycles. The second kappa shape index (κ2) is 2.58. The normalized spacial score (nSPS) is 16.1. The minimum absolute atomic E-state index is 0.163. The number of nitrogens with zero attached hydrogens (tertiary/aromatic N) is 1. The largest absolute Gasteiger partial charge is 0.312 e. The first-order valence-electron chi connectivity index (χ1n) is 3.70. The molecule has 0 unspecified atom stereocenters. The maximum Gasteiger partial charge on any atom is 0.145 e. The molecule has 0 aromatic carbocycles. The molecule has 1 N–H and O–H groups in total. The molecule has 0 amide bonds. The molecule has 0 spiro atoms. The monoisotopic (exact) mass is 152 g/mol. The van der Waals surface area contributed by atoms with Gasteiger partial charge >= 0.3 is 0 Å². The summed E-state index contributed by atoms with van der Waals surface area (Å²) in [6.07, 6.45) is 3.79. The van der Waals surface area contributed by atoms with E-state index in [1.54, 1.807) is 6.20 Å². The van der Waals surface area contributed by atoms with E-state index in [1.165, 1.54) is 6.20 Å². The predicted octanol–water partition coefficient (Wildman–Crippen LogP) is 0.866. The average Bonchev–Trinajstić information content (AvgIpc) is 2.06. The quantitative estimate of drug-likeness (QED) is 0.596. The van der Waals surface area contributed by atoms with E-state index < -0.39 is 0 Å². The molecule has 2 rings (SSSR count). The number of pyridine rings is 1. The van der Waals surface area contributed by atoms with Crippen LogP contribution in [0.2, 0.25) is 0 Å². The number of rotatable bonds is 0. The minimum atomic E-state index is -0.163. The van der Waals surface area contributed by atoms with Crippen LogP contribution in [-0.2, 0) is 13.0 Å². The van der Waals surface area contributed by atoms with Crippen molar-refractivity contribution >= 4 is 0 Å². The lowest BCUT2D eigenvalue weighted by atomic mass is 10.0. The van der Waals surface area contributed by atoms with Gasteiger partial charge in [0.15, 0.2) is 0 Å². The van der Waals surface area contributed by atoms with Crippen LogP contribution in [-0.4, -0.2) is 11.5 Å². The van der Waals surface area contributed by atoms with E-state index in [2.05, 4.69) is 10.3 Å². The van der Waals surface area contributed by atoms with E-state index in [0.717, 1.165) is 30.6 Å². The lowest BCUT2D eigenvalue weighted by molar-refractivity contribution is 0.562. The van der Waals surface area contributed by atoms with Crippen LogP contribution < -0.4 is 5.32 Å². The Morgan fingerprint density at radius 2 is 2.36 bits per heavy atom. The Morgan fingerprint density at radius 3 is 3.18 bits per heavy atom. The molecule has 2 heterocycles. The van der Waals surface area contributed by atoms with Gasteiger partial charge in [-0.05, 0) is 24.1 Å². The molecule has 0 atom stereocenters. The molecule has 11 heavy (non-hydrogen) atoms. The molecule has 1 aromatic rings. The summed E-state index contributed by atoms with van der Waals surface area (Å²) in [5.74, 6) is -0.163. The molecule has 0 saturated carbocycles. The van der Waals surface area contributed by atoms with Crippen LogP contribution >= 0.6 is 0 Å². The average molecular weight is 152 g/mol. The zero-order valence-electron chi connectivity index (χ0n) is 6.10. The first-order chi connectivity index (χ1) is 5.38. The van der Waals surface area contributed by atoms with Gasteiger partial charge < -0.3 is 5.32 Å². The van der Waals surface area contributed by atoms with Gasteiger partial charge in [-0.25, -0.2) is 4.39 Å². The van der Waals surface area contributed by atoms with E-state index in [1.807, 2.05) is 0 Å². The van der Waals surface area contributed by atoms with Gasteiger partial charge in [-0.15, -0.1) is 0 Å². The summed E-state index contributed by atoms with van der Waals surface area (Å²) in [5.41, 5.74) is 1.83. The first kappa shape index (κ1) is 6.73. The molecule has 2 nitrogen and oxygen atoms in total. The van der Waals surface area contributed by atoms with Crippen molar-refractivity contribution in [3.8, 4) is 0 Å². The Balaban J connectivity index is 2.49. The number of hydrogen-bond acceptors (Lipinski definition) is 2. The molecule has 3 heteroatoms. The number of hydrogen-bond donors (Lipinski definition) is 1. The minimum Gasteiger partial charge on any atom is -0.312 e. The van der Waals surface area contributed by atoms with Crippen LogP contribution in [0.25, 0.3) is 0 Å². The molecule has 0 bridgehead atoms. The Bertz CT molecular complexity index is 273. The summed E-state index contributed by atoms with van der Waals surface area (Å²) in [6, 6.07) is 0. The third-order valence-electron chi connectivity index (χ3n) is 1.96. The molecule has 0 fully saturated rings. The van der Waals surface area contributed by atoms with Crippen molar-refractivity contribution in [3.05, 3.63) is 29.3 Å². The lowest BCUT2D eigenvalue weighted by Gasteiger charge is -2.16. The van der Waals surface area contributed by atoms with E-state index in [4.69, 9.17) is 0 Å². The zero-order valence-corrected chi connectivity index (χ0v) is 6.10. The van der Waals surface area contributed by atoms with Gasteiger partial charge in [0, 0.05) is 12.7 Å². The fraction of sp³-hybridized carbons (Fsp3) is 0.375. The van der Waals surface area contributed by atoms with Crippen LogP contribution in [0.3, 0.4) is 0 Å². The number of halogens is 1. The van der Waals surface area contributed by atoms with Gasteiger partial charge in [-0.1, -0.05) is 0 Å². The highest BCUT2D eigenvalue weighted by Gasteiger charge is 2.11. The molecule has 0 aliphatic carbocycles. The summed E-state index contributed by atoms with van der Waals surface area (Å²) in [4.78, 5) is 3.78. The van der Waals surface area contributed by atoms with Crippen molar-refractivity contribution in [1.29, 1.82) is 0 Å². The Morgan fingerprint density at radius 1 is 1.45 bits per heavy atom. The molecule has 0 radical (unpaired) electrons. The van der Waals surface area contributed by atoms with Crippen LogP contribution in [0.5, 0.6) is 0 Å². The van der Waals surface area contributed by atoms with Gasteiger partial charge in [0.1, 0.15) is 5.82 Å². The Hall–Kier alpha value is -0.960. The lowest BCUT2D eigenvalue weighted by Crippen LogP contribution is -2.24. The standard InChI is InChI=1S/C8H9FN2/c9-8-5-11-4-6-3-10-2-1-7(6)8/h4-5,10H,1-3H2. The maximum atomic E-state index is 13.0.